The molecule has 8 heteroatoms. The van der Waals surface area contributed by atoms with E-state index in [9.17, 15) is 4.79 Å². The summed E-state index contributed by atoms with van der Waals surface area (Å²) in [6.07, 6.45) is 3.21. The number of nitrogens with zero attached hydrogens (tertiary/aromatic N) is 3. The third-order valence-corrected chi connectivity index (χ3v) is 3.99. The van der Waals surface area contributed by atoms with E-state index < -0.39 is 0 Å². The molecule has 0 radical (unpaired) electrons. The molecule has 0 spiro atoms. The highest BCUT2D eigenvalue weighted by Gasteiger charge is 2.07. The van der Waals surface area contributed by atoms with Gasteiger partial charge in [0.25, 0.3) is 5.56 Å². The van der Waals surface area contributed by atoms with Gasteiger partial charge in [0, 0.05) is 11.1 Å². The van der Waals surface area contributed by atoms with Crippen LogP contribution in [0.3, 0.4) is 0 Å². The maximum atomic E-state index is 11.9. The van der Waals surface area contributed by atoms with Gasteiger partial charge in [0.2, 0.25) is 0 Å². The van der Waals surface area contributed by atoms with Crippen LogP contribution in [-0.2, 0) is 6.54 Å². The quantitative estimate of drug-likeness (QED) is 0.654. The summed E-state index contributed by atoms with van der Waals surface area (Å²) in [6.45, 7) is 2.21. The lowest BCUT2D eigenvalue weighted by Crippen LogP contribution is -2.22. The van der Waals surface area contributed by atoms with E-state index in [1.54, 1.807) is 13.1 Å². The molecule has 2 aromatic heterocycles. The molecule has 0 aliphatic rings. The molecular formula is C9H10BrN5OS. The van der Waals surface area contributed by atoms with Crippen molar-refractivity contribution in [2.45, 2.75) is 13.5 Å². The summed E-state index contributed by atoms with van der Waals surface area (Å²) in [7, 11) is 0. The molecule has 2 heterocycles. The summed E-state index contributed by atoms with van der Waals surface area (Å²) in [6, 6.07) is 0. The van der Waals surface area contributed by atoms with E-state index in [2.05, 4.69) is 31.3 Å². The smallest absolute Gasteiger partial charge is 0.268 e. The van der Waals surface area contributed by atoms with E-state index in [1.807, 2.05) is 0 Å². The SMILES string of the molecule is Cc1ncn(Cc2cnc(NN)s2)c(=O)c1Br. The summed E-state index contributed by atoms with van der Waals surface area (Å²) < 4.78 is 2.01. The van der Waals surface area contributed by atoms with Crippen molar-refractivity contribution in [3.05, 3.63) is 37.9 Å². The molecule has 0 aliphatic carbocycles. The zero-order valence-electron chi connectivity index (χ0n) is 8.98. The van der Waals surface area contributed by atoms with Gasteiger partial charge >= 0.3 is 0 Å². The molecule has 17 heavy (non-hydrogen) atoms. The van der Waals surface area contributed by atoms with Crippen molar-refractivity contribution in [3.63, 3.8) is 0 Å². The molecule has 0 saturated carbocycles. The van der Waals surface area contributed by atoms with Gasteiger partial charge in [-0.25, -0.2) is 15.8 Å². The fourth-order valence-electron chi connectivity index (χ4n) is 1.27. The first-order chi connectivity index (χ1) is 8.11. The maximum absolute atomic E-state index is 11.9. The van der Waals surface area contributed by atoms with Gasteiger partial charge in [-0.3, -0.25) is 14.8 Å². The minimum absolute atomic E-state index is 0.104. The number of thiazole rings is 1. The third kappa shape index (κ3) is 2.54. The van der Waals surface area contributed by atoms with Crippen LogP contribution < -0.4 is 16.8 Å². The lowest BCUT2D eigenvalue weighted by atomic mass is 10.4. The van der Waals surface area contributed by atoms with Crippen LogP contribution >= 0.6 is 27.3 Å². The molecule has 2 rings (SSSR count). The van der Waals surface area contributed by atoms with Gasteiger partial charge in [-0.2, -0.15) is 0 Å². The topological polar surface area (TPSA) is 85.8 Å². The average Bonchev–Trinajstić information content (AvgIpc) is 2.78. The van der Waals surface area contributed by atoms with E-state index in [4.69, 9.17) is 5.84 Å². The number of hydrogen-bond donors (Lipinski definition) is 2. The molecule has 0 amide bonds. The fraction of sp³-hybridized carbons (Fsp3) is 0.222. The van der Waals surface area contributed by atoms with Crippen LogP contribution in [0, 0.1) is 6.92 Å². The van der Waals surface area contributed by atoms with Crippen molar-refractivity contribution in [3.8, 4) is 0 Å². The summed E-state index contributed by atoms with van der Waals surface area (Å²) >= 11 is 4.62. The number of nitrogens with one attached hydrogen (secondary N) is 1. The molecule has 0 aromatic carbocycles. The maximum Gasteiger partial charge on any atom is 0.268 e. The van der Waals surface area contributed by atoms with Gasteiger partial charge in [0.05, 0.1) is 18.6 Å². The van der Waals surface area contributed by atoms with E-state index >= 15 is 0 Å². The van der Waals surface area contributed by atoms with E-state index in [0.717, 1.165) is 4.88 Å². The summed E-state index contributed by atoms with van der Waals surface area (Å²) in [5, 5.41) is 0.618. The highest BCUT2D eigenvalue weighted by atomic mass is 79.9. The molecule has 0 aliphatic heterocycles. The summed E-state index contributed by atoms with van der Waals surface area (Å²) in [5.41, 5.74) is 3.04. The van der Waals surface area contributed by atoms with Crippen LogP contribution in [0.25, 0.3) is 0 Å². The Bertz CT molecular complexity index is 593. The van der Waals surface area contributed by atoms with Gasteiger partial charge in [0.15, 0.2) is 5.13 Å². The van der Waals surface area contributed by atoms with Crippen LogP contribution in [0.5, 0.6) is 0 Å². The van der Waals surface area contributed by atoms with Gasteiger partial charge in [-0.1, -0.05) is 11.3 Å². The highest BCUT2D eigenvalue weighted by Crippen LogP contribution is 2.17. The molecule has 3 N–H and O–H groups in total. The summed E-state index contributed by atoms with van der Waals surface area (Å²) in [5.74, 6) is 5.24. The lowest BCUT2D eigenvalue weighted by molar-refractivity contribution is 0.732. The Morgan fingerprint density at radius 3 is 3.00 bits per heavy atom. The predicted molar refractivity (Wildman–Crippen MR) is 70.0 cm³/mol. The first kappa shape index (κ1) is 12.2. The molecule has 6 nitrogen and oxygen atoms in total. The Morgan fingerprint density at radius 1 is 1.59 bits per heavy atom. The van der Waals surface area contributed by atoms with Crippen molar-refractivity contribution >= 4 is 32.4 Å². The van der Waals surface area contributed by atoms with Gasteiger partial charge in [-0.05, 0) is 22.9 Å². The number of anilines is 1. The average molecular weight is 316 g/mol. The third-order valence-electron chi connectivity index (χ3n) is 2.16. The first-order valence-electron chi connectivity index (χ1n) is 4.74. The van der Waals surface area contributed by atoms with Crippen molar-refractivity contribution in [2.24, 2.45) is 5.84 Å². The lowest BCUT2D eigenvalue weighted by Gasteiger charge is -2.04. The number of rotatable bonds is 3. The number of nitrogens with two attached hydrogens (primary N) is 1. The molecule has 0 bridgehead atoms. The Hall–Kier alpha value is -1.25. The van der Waals surface area contributed by atoms with E-state index in [1.165, 1.54) is 22.2 Å². The monoisotopic (exact) mass is 315 g/mol. The Labute approximate surface area is 110 Å². The minimum atomic E-state index is -0.104. The highest BCUT2D eigenvalue weighted by molar-refractivity contribution is 9.10. The second-order valence-electron chi connectivity index (χ2n) is 3.35. The molecular weight excluding hydrogens is 306 g/mol. The molecule has 0 fully saturated rings. The molecule has 90 valence electrons. The van der Waals surface area contributed by atoms with Crippen LogP contribution in [0.15, 0.2) is 21.8 Å². The Balaban J connectivity index is 2.30. The minimum Gasteiger partial charge on any atom is -0.300 e. The van der Waals surface area contributed by atoms with E-state index in [-0.39, 0.29) is 5.56 Å². The fourth-order valence-corrected chi connectivity index (χ4v) is 2.33. The number of hydrogen-bond acceptors (Lipinski definition) is 6. The normalized spacial score (nSPS) is 10.5. The van der Waals surface area contributed by atoms with E-state index in [0.29, 0.717) is 21.8 Å². The number of aromatic nitrogens is 3. The second-order valence-corrected chi connectivity index (χ2v) is 5.26. The van der Waals surface area contributed by atoms with Crippen LogP contribution in [-0.4, -0.2) is 14.5 Å². The number of halogens is 1. The van der Waals surface area contributed by atoms with Crippen molar-refractivity contribution < 1.29 is 0 Å². The predicted octanol–water partition coefficient (Wildman–Crippen LogP) is 1.10. The summed E-state index contributed by atoms with van der Waals surface area (Å²) in [4.78, 5) is 21.0. The largest absolute Gasteiger partial charge is 0.300 e. The van der Waals surface area contributed by atoms with Crippen molar-refractivity contribution in [1.82, 2.24) is 14.5 Å². The molecule has 2 aromatic rings. The van der Waals surface area contributed by atoms with Crippen molar-refractivity contribution in [1.29, 1.82) is 0 Å². The van der Waals surface area contributed by atoms with Gasteiger partial charge in [-0.15, -0.1) is 0 Å². The molecule has 0 atom stereocenters. The van der Waals surface area contributed by atoms with Crippen LogP contribution in [0.4, 0.5) is 5.13 Å². The molecule has 0 saturated heterocycles. The van der Waals surface area contributed by atoms with Crippen molar-refractivity contribution in [2.75, 3.05) is 5.43 Å². The van der Waals surface area contributed by atoms with Crippen LogP contribution in [0.1, 0.15) is 10.6 Å². The standard InChI is InChI=1S/C9H10BrN5OS/c1-5-7(10)8(16)15(4-13-5)3-6-2-12-9(14-11)17-6/h2,4H,3,11H2,1H3,(H,12,14). The first-order valence-corrected chi connectivity index (χ1v) is 6.35. The van der Waals surface area contributed by atoms with Gasteiger partial charge < -0.3 is 0 Å². The zero-order valence-corrected chi connectivity index (χ0v) is 11.4. The Kier molecular flexibility index (Phi) is 3.55. The molecule has 0 unspecified atom stereocenters. The zero-order chi connectivity index (χ0) is 12.4. The Morgan fingerprint density at radius 2 is 2.35 bits per heavy atom. The second kappa shape index (κ2) is 4.94. The van der Waals surface area contributed by atoms with Gasteiger partial charge in [0.1, 0.15) is 4.47 Å². The van der Waals surface area contributed by atoms with Crippen LogP contribution in [0.2, 0.25) is 0 Å². The number of nitrogen functional groups attached to an aromatic ring is 1. The number of aryl methyl sites for hydroxylation is 1. The number of hydrazine groups is 1.